The number of nitrogens with zero attached hydrogens (tertiary/aromatic N) is 3. The molecule has 5 fully saturated rings. The molecular formula is C75H111IN6O12S3. The molecule has 538 valence electrons. The Morgan fingerprint density at radius 2 is 0.990 bits per heavy atom. The van der Waals surface area contributed by atoms with Gasteiger partial charge in [0, 0.05) is 76.5 Å². The van der Waals surface area contributed by atoms with Crippen molar-refractivity contribution in [3.05, 3.63) is 51.0 Å². The maximum absolute atomic E-state index is 13.7. The lowest BCUT2D eigenvalue weighted by molar-refractivity contribution is -0.124. The third-order valence-corrected chi connectivity index (χ3v) is 20.2. The fraction of sp³-hybridized carbons (Fsp3) is 0.667. The van der Waals surface area contributed by atoms with Crippen molar-refractivity contribution in [1.82, 2.24) is 15.1 Å². The number of anilines is 2. The number of hydrogen-bond donors (Lipinski definition) is 3. The Morgan fingerprint density at radius 3 is 1.42 bits per heavy atom. The highest BCUT2D eigenvalue weighted by atomic mass is 127. The summed E-state index contributed by atoms with van der Waals surface area (Å²) < 4.78 is 26.2. The highest BCUT2D eigenvalue weighted by Crippen LogP contribution is 2.38. The van der Waals surface area contributed by atoms with E-state index in [-0.39, 0.29) is 64.4 Å². The Hall–Kier alpha value is -5.68. The molecule has 22 heteroatoms. The lowest BCUT2D eigenvalue weighted by Gasteiger charge is -2.34. The van der Waals surface area contributed by atoms with Gasteiger partial charge in [-0.25, -0.2) is 24.0 Å². The van der Waals surface area contributed by atoms with Gasteiger partial charge in [0.25, 0.3) is 0 Å². The van der Waals surface area contributed by atoms with Crippen LogP contribution < -0.4 is 21.3 Å². The Morgan fingerprint density at radius 1 is 0.567 bits per heavy atom. The Labute approximate surface area is 605 Å². The summed E-state index contributed by atoms with van der Waals surface area (Å²) in [6, 6.07) is 5.92. The van der Waals surface area contributed by atoms with Crippen LogP contribution in [0.4, 0.5) is 21.0 Å². The van der Waals surface area contributed by atoms with Gasteiger partial charge in [-0.2, -0.15) is 0 Å². The van der Waals surface area contributed by atoms with Gasteiger partial charge >= 0.3 is 30.1 Å². The minimum absolute atomic E-state index is 0.0244. The molecule has 4 N–H and O–H groups in total. The van der Waals surface area contributed by atoms with Crippen molar-refractivity contribution in [3.8, 4) is 35.5 Å². The molecule has 6 heterocycles. The summed E-state index contributed by atoms with van der Waals surface area (Å²) in [5.74, 6) is 20.4. The Balaban J connectivity index is 0.000000273. The smallest absolute Gasteiger partial charge is 0.410 e. The fourth-order valence-electron chi connectivity index (χ4n) is 10.7. The van der Waals surface area contributed by atoms with Gasteiger partial charge < -0.3 is 54.8 Å². The van der Waals surface area contributed by atoms with Crippen molar-refractivity contribution >= 4 is 110 Å². The van der Waals surface area contributed by atoms with Gasteiger partial charge in [-0.1, -0.05) is 62.2 Å². The summed E-state index contributed by atoms with van der Waals surface area (Å²) in [7, 11) is 4.14. The first kappa shape index (κ1) is 83.7. The van der Waals surface area contributed by atoms with Gasteiger partial charge in [0.15, 0.2) is 0 Å². The number of likely N-dealkylation sites (tertiary alicyclic amines) is 2. The normalized spacial score (nSPS) is 20.7. The second kappa shape index (κ2) is 37.7. The van der Waals surface area contributed by atoms with Crippen LogP contribution in [0.25, 0.3) is 0 Å². The van der Waals surface area contributed by atoms with Crippen LogP contribution in [0.5, 0.6) is 0 Å². The molecule has 3 aromatic rings. The SMILES string of the molecule is CC(=O)C1CCC(C)CC1.CC(C)(C)OC(=O)N1CC[C@H](N)C1.COC(=O)c1sc(C#CC(C)(C)C)cc1I.COC(=O)c1sc(C#CC(C)(C)C)cc1N(C(=O)C1CCC(C)CC1)[C@H]1CCNC1.COC(=O)c1sc(C#CC(C)(C)C)cc1N[C@H]1CCN(C(=O)OC(C)(C)C)C1. The summed E-state index contributed by atoms with van der Waals surface area (Å²) in [5.41, 5.74) is 5.82. The molecule has 0 radical (unpaired) electrons. The summed E-state index contributed by atoms with van der Waals surface area (Å²) in [6.07, 6.45) is 10.8. The van der Waals surface area contributed by atoms with Gasteiger partial charge in [-0.05, 0) is 228 Å². The number of carbonyl (C=O) groups is 7. The predicted octanol–water partition coefficient (Wildman–Crippen LogP) is 15.7. The van der Waals surface area contributed by atoms with Crippen LogP contribution in [0.1, 0.15) is 239 Å². The Kier molecular flexibility index (Phi) is 32.5. The van der Waals surface area contributed by atoms with E-state index in [0.717, 1.165) is 102 Å². The first-order chi connectivity index (χ1) is 45.0. The van der Waals surface area contributed by atoms with E-state index in [1.165, 1.54) is 68.2 Å². The molecule has 3 atom stereocenters. The van der Waals surface area contributed by atoms with Crippen molar-refractivity contribution < 1.29 is 57.2 Å². The number of ether oxygens (including phenoxy) is 5. The molecule has 2 aliphatic carbocycles. The molecule has 3 saturated heterocycles. The third kappa shape index (κ3) is 30.0. The van der Waals surface area contributed by atoms with Crippen LogP contribution in [0.15, 0.2) is 18.2 Å². The number of esters is 3. The molecule has 97 heavy (non-hydrogen) atoms. The molecule has 5 aliphatic rings. The van der Waals surface area contributed by atoms with Crippen molar-refractivity contribution in [2.24, 2.45) is 45.7 Å². The lowest BCUT2D eigenvalue weighted by Crippen LogP contribution is -2.46. The average molecular weight is 1510 g/mol. The first-order valence-corrected chi connectivity index (χ1v) is 37.5. The number of carbonyl (C=O) groups excluding carboxylic acids is 7. The highest BCUT2D eigenvalue weighted by Gasteiger charge is 2.38. The molecule has 2 saturated carbocycles. The van der Waals surface area contributed by atoms with E-state index >= 15 is 0 Å². The highest BCUT2D eigenvalue weighted by molar-refractivity contribution is 14.1. The number of methoxy groups -OCH3 is 3. The molecule has 0 aromatic carbocycles. The monoisotopic (exact) mass is 1510 g/mol. The predicted molar refractivity (Wildman–Crippen MR) is 401 cm³/mol. The Bertz CT molecular complexity index is 3330. The molecule has 0 unspecified atom stereocenters. The number of Topliss-reactive ketones (excluding diaryl/α,β-unsaturated/α-hetero) is 1. The summed E-state index contributed by atoms with van der Waals surface area (Å²) in [6.45, 7) is 39.9. The number of ketones is 1. The van der Waals surface area contributed by atoms with Crippen LogP contribution in [0.2, 0.25) is 0 Å². The number of nitrogens with two attached hydrogens (primary N) is 1. The van der Waals surface area contributed by atoms with Crippen LogP contribution in [0.3, 0.4) is 0 Å². The van der Waals surface area contributed by atoms with E-state index in [0.29, 0.717) is 63.3 Å². The average Bonchev–Trinajstić information content (AvgIpc) is 1.68. The number of rotatable bonds is 9. The van der Waals surface area contributed by atoms with Gasteiger partial charge in [0.05, 0.1) is 53.4 Å². The number of halogens is 1. The molecule has 3 aliphatic heterocycles. The maximum atomic E-state index is 13.7. The zero-order valence-electron chi connectivity index (χ0n) is 61.7. The molecule has 18 nitrogen and oxygen atoms in total. The second-order valence-electron chi connectivity index (χ2n) is 30.9. The number of thiophene rings is 3. The maximum Gasteiger partial charge on any atom is 0.410 e. The van der Waals surface area contributed by atoms with Crippen LogP contribution in [-0.2, 0) is 33.3 Å². The van der Waals surface area contributed by atoms with Crippen LogP contribution in [-0.4, -0.2) is 142 Å². The quantitative estimate of drug-likeness (QED) is 0.0784. The zero-order valence-corrected chi connectivity index (χ0v) is 66.3. The minimum Gasteiger partial charge on any atom is -0.465 e. The summed E-state index contributed by atoms with van der Waals surface area (Å²) in [4.78, 5) is 93.8. The van der Waals surface area contributed by atoms with Gasteiger partial charge in [0.1, 0.15) is 31.6 Å². The molecule has 3 aromatic heterocycles. The van der Waals surface area contributed by atoms with E-state index < -0.39 is 23.1 Å². The zero-order chi connectivity index (χ0) is 73.0. The molecule has 0 bridgehead atoms. The van der Waals surface area contributed by atoms with Gasteiger partial charge in [-0.3, -0.25) is 9.59 Å². The molecule has 0 spiro atoms. The van der Waals surface area contributed by atoms with Crippen LogP contribution in [0, 0.1) is 79.0 Å². The summed E-state index contributed by atoms with van der Waals surface area (Å²) in [5, 5.41) is 6.75. The number of nitrogens with one attached hydrogen (secondary N) is 2. The van der Waals surface area contributed by atoms with Crippen molar-refractivity contribution in [2.75, 3.05) is 70.8 Å². The van der Waals surface area contributed by atoms with E-state index in [1.807, 2.05) is 85.4 Å². The largest absolute Gasteiger partial charge is 0.465 e. The van der Waals surface area contributed by atoms with Gasteiger partial charge in [-0.15, -0.1) is 34.0 Å². The second-order valence-corrected chi connectivity index (χ2v) is 35.2. The molecule has 8 rings (SSSR count). The van der Waals surface area contributed by atoms with Crippen molar-refractivity contribution in [1.29, 1.82) is 0 Å². The van der Waals surface area contributed by atoms with Gasteiger partial charge in [0.2, 0.25) is 5.91 Å². The third-order valence-electron chi connectivity index (χ3n) is 15.9. The molecule has 3 amide bonds. The fourth-order valence-corrected chi connectivity index (χ4v) is 14.4. The van der Waals surface area contributed by atoms with E-state index in [2.05, 4.69) is 124 Å². The van der Waals surface area contributed by atoms with E-state index in [9.17, 15) is 33.6 Å². The van der Waals surface area contributed by atoms with Crippen molar-refractivity contribution in [2.45, 2.75) is 225 Å². The minimum atomic E-state index is -0.519. The first-order valence-electron chi connectivity index (χ1n) is 33.9. The standard InChI is InChI=1S/C24H34N2O3S.C21H30N2O4S.C12H13IO2S.C9H18N2O2.C9H16O/c1-16-6-8-17(9-7-16)22(27)26(18-11-13-25-15-18)20-14-19(10-12-24(2,3)4)30-21(20)23(28)29-5;1-20(2,3)10-8-15-12-16(17(28-15)18(24)26-7)22-14-9-11-23(13-14)19(25)27-21(4,5)6;1-12(2,3)6-5-8-7-9(13)10(16-8)11(14)15-4;1-9(2,3)13-8(12)11-5-4-7(10)6-11;1-7-3-5-9(6-4-7)8(2)10/h14,16-18,25H,6-9,11,13,15H2,1-5H3;12,14,22H,9,11,13H2,1-7H3;7H,1-4H3;7H,4-6,10H2,1-3H3;7,9H,3-6H2,1-2H3/t16?,17?,18-;14-;;7-;/m00.0./s1. The van der Waals surface area contributed by atoms with Crippen LogP contribution >= 0.6 is 56.6 Å². The van der Waals surface area contributed by atoms with E-state index in [1.54, 1.807) is 16.7 Å². The lowest BCUT2D eigenvalue weighted by atomic mass is 9.81. The number of amides is 3. The summed E-state index contributed by atoms with van der Waals surface area (Å²) >= 11 is 6.14. The number of hydrogen-bond acceptors (Lipinski definition) is 18. The topological polar surface area (TPSA) is 225 Å². The van der Waals surface area contributed by atoms with E-state index in [4.69, 9.17) is 29.4 Å². The molecular weight excluding hydrogens is 1400 g/mol. The van der Waals surface area contributed by atoms with Crippen molar-refractivity contribution in [3.63, 3.8) is 0 Å².